The van der Waals surface area contributed by atoms with Crippen LogP contribution in [0, 0.1) is 0 Å². The molecule has 2 heterocycles. The Labute approximate surface area is 188 Å². The van der Waals surface area contributed by atoms with Gasteiger partial charge < -0.3 is 20.3 Å². The van der Waals surface area contributed by atoms with Crippen LogP contribution in [0.4, 0.5) is 5.82 Å². The van der Waals surface area contributed by atoms with E-state index in [0.29, 0.717) is 25.5 Å². The molecule has 32 heavy (non-hydrogen) atoms. The van der Waals surface area contributed by atoms with Gasteiger partial charge in [-0.1, -0.05) is 36.4 Å². The number of amides is 3. The van der Waals surface area contributed by atoms with Crippen molar-refractivity contribution in [2.24, 2.45) is 0 Å². The molecule has 1 aromatic heterocycles. The normalized spacial score (nSPS) is 15.2. The fourth-order valence-electron chi connectivity index (χ4n) is 3.53. The molecular formula is C24H30N4O4. The second kappa shape index (κ2) is 12.6. The highest BCUT2D eigenvalue weighted by molar-refractivity contribution is 5.93. The van der Waals surface area contributed by atoms with Gasteiger partial charge in [-0.25, -0.2) is 4.98 Å². The predicted octanol–water partition coefficient (Wildman–Crippen LogP) is 2.17. The van der Waals surface area contributed by atoms with E-state index in [9.17, 15) is 14.4 Å². The van der Waals surface area contributed by atoms with Gasteiger partial charge in [0, 0.05) is 38.7 Å². The van der Waals surface area contributed by atoms with E-state index in [4.69, 9.17) is 4.74 Å². The zero-order chi connectivity index (χ0) is 22.6. The molecule has 0 unspecified atom stereocenters. The van der Waals surface area contributed by atoms with Crippen LogP contribution in [0.3, 0.4) is 0 Å². The molecule has 0 bridgehead atoms. The minimum absolute atomic E-state index is 0.0165. The Morgan fingerprint density at radius 1 is 1.03 bits per heavy atom. The number of carbonyl (C=O) groups is 3. The molecule has 2 N–H and O–H groups in total. The molecule has 0 aliphatic carbocycles. The number of ether oxygens (including phenoxy) is 1. The lowest BCUT2D eigenvalue weighted by Crippen LogP contribution is -2.44. The summed E-state index contributed by atoms with van der Waals surface area (Å²) in [7, 11) is 0. The van der Waals surface area contributed by atoms with Crippen LogP contribution in [-0.4, -0.2) is 60.0 Å². The molecule has 3 amide bonds. The Balaban J connectivity index is 1.47. The molecule has 0 radical (unpaired) electrons. The Kier molecular flexibility index (Phi) is 9.19. The second-order valence-corrected chi connectivity index (χ2v) is 7.76. The van der Waals surface area contributed by atoms with Gasteiger partial charge in [0.05, 0.1) is 12.6 Å². The van der Waals surface area contributed by atoms with Gasteiger partial charge >= 0.3 is 0 Å². The number of carbonyl (C=O) groups excluding carboxylic acids is 3. The molecule has 0 spiro atoms. The number of pyridine rings is 1. The first-order valence-corrected chi connectivity index (χ1v) is 11.0. The molecule has 8 nitrogen and oxygen atoms in total. The molecule has 1 fully saturated rings. The summed E-state index contributed by atoms with van der Waals surface area (Å²) >= 11 is 0. The van der Waals surface area contributed by atoms with Crippen molar-refractivity contribution in [1.82, 2.24) is 15.2 Å². The van der Waals surface area contributed by atoms with Gasteiger partial charge in [0.1, 0.15) is 5.82 Å². The number of anilines is 1. The van der Waals surface area contributed by atoms with Crippen LogP contribution < -0.4 is 10.6 Å². The maximum absolute atomic E-state index is 12.8. The fourth-order valence-corrected chi connectivity index (χ4v) is 3.53. The van der Waals surface area contributed by atoms with Crippen molar-refractivity contribution in [3.63, 3.8) is 0 Å². The fraction of sp³-hybridized carbons (Fsp3) is 0.417. The molecule has 1 atom stereocenters. The van der Waals surface area contributed by atoms with Crippen molar-refractivity contribution in [2.75, 3.05) is 31.6 Å². The summed E-state index contributed by atoms with van der Waals surface area (Å²) < 4.78 is 5.65. The van der Waals surface area contributed by atoms with Crippen molar-refractivity contribution >= 4 is 23.5 Å². The SMILES string of the molecule is O=C(CN(C[C@@H]1CCCO1)C(=O)CCC(=O)Nc1ccccn1)NCCc1ccccc1. The summed E-state index contributed by atoms with van der Waals surface area (Å²) in [4.78, 5) is 43.0. The van der Waals surface area contributed by atoms with Crippen molar-refractivity contribution in [1.29, 1.82) is 0 Å². The third-order valence-electron chi connectivity index (χ3n) is 5.21. The topological polar surface area (TPSA) is 101 Å². The van der Waals surface area contributed by atoms with E-state index < -0.39 is 0 Å². The lowest BCUT2D eigenvalue weighted by Gasteiger charge is -2.25. The molecule has 1 aliphatic heterocycles. The van der Waals surface area contributed by atoms with Crippen LogP contribution in [0.15, 0.2) is 54.7 Å². The standard InChI is InChI=1S/C24H30N4O4/c29-22(27-21-10-4-5-14-25-21)11-12-24(31)28(17-20-9-6-16-32-20)18-23(30)26-15-13-19-7-2-1-3-8-19/h1-5,7-8,10,14,20H,6,9,11-13,15-18H2,(H,26,30)(H,25,27,29)/t20-/m0/s1. The van der Waals surface area contributed by atoms with Gasteiger partial charge in [0.15, 0.2) is 0 Å². The monoisotopic (exact) mass is 438 g/mol. The van der Waals surface area contributed by atoms with Gasteiger partial charge in [-0.3, -0.25) is 14.4 Å². The highest BCUT2D eigenvalue weighted by Crippen LogP contribution is 2.14. The summed E-state index contributed by atoms with van der Waals surface area (Å²) in [6.07, 6.45) is 4.08. The van der Waals surface area contributed by atoms with Crippen molar-refractivity contribution in [2.45, 2.75) is 38.2 Å². The van der Waals surface area contributed by atoms with Crippen LogP contribution in [-0.2, 0) is 25.5 Å². The molecule has 1 saturated heterocycles. The average molecular weight is 439 g/mol. The van der Waals surface area contributed by atoms with Gasteiger partial charge in [-0.05, 0) is 37.0 Å². The summed E-state index contributed by atoms with van der Waals surface area (Å²) in [5, 5.41) is 5.55. The Hall–Kier alpha value is -3.26. The van der Waals surface area contributed by atoms with Crippen molar-refractivity contribution < 1.29 is 19.1 Å². The Bertz CT molecular complexity index is 870. The van der Waals surface area contributed by atoms with E-state index in [1.165, 1.54) is 4.90 Å². The molecule has 3 rings (SSSR count). The largest absolute Gasteiger partial charge is 0.376 e. The summed E-state index contributed by atoms with van der Waals surface area (Å²) in [6.45, 7) is 1.47. The highest BCUT2D eigenvalue weighted by Gasteiger charge is 2.24. The van der Waals surface area contributed by atoms with Crippen LogP contribution >= 0.6 is 0 Å². The number of hydrogen-bond acceptors (Lipinski definition) is 5. The maximum Gasteiger partial charge on any atom is 0.239 e. The van der Waals surface area contributed by atoms with Gasteiger partial charge in [-0.2, -0.15) is 0 Å². The first-order valence-electron chi connectivity index (χ1n) is 11.0. The third-order valence-corrected chi connectivity index (χ3v) is 5.21. The maximum atomic E-state index is 12.8. The van der Waals surface area contributed by atoms with Crippen LogP contribution in [0.2, 0.25) is 0 Å². The van der Waals surface area contributed by atoms with E-state index in [1.54, 1.807) is 24.4 Å². The van der Waals surface area contributed by atoms with E-state index >= 15 is 0 Å². The summed E-state index contributed by atoms with van der Waals surface area (Å²) in [5.74, 6) is -0.305. The minimum Gasteiger partial charge on any atom is -0.376 e. The van der Waals surface area contributed by atoms with Crippen LogP contribution in [0.1, 0.15) is 31.2 Å². The van der Waals surface area contributed by atoms with Crippen molar-refractivity contribution in [3.8, 4) is 0 Å². The van der Waals surface area contributed by atoms with Crippen LogP contribution in [0.5, 0.6) is 0 Å². The van der Waals surface area contributed by atoms with Gasteiger partial charge in [0.2, 0.25) is 17.7 Å². The predicted molar refractivity (Wildman–Crippen MR) is 121 cm³/mol. The molecule has 2 aromatic rings. The smallest absolute Gasteiger partial charge is 0.239 e. The molecule has 0 saturated carbocycles. The Morgan fingerprint density at radius 2 is 1.84 bits per heavy atom. The zero-order valence-electron chi connectivity index (χ0n) is 18.2. The zero-order valence-corrected chi connectivity index (χ0v) is 18.2. The van der Waals surface area contributed by atoms with E-state index in [-0.39, 0.29) is 43.2 Å². The lowest BCUT2D eigenvalue weighted by atomic mass is 10.1. The first kappa shape index (κ1) is 23.4. The highest BCUT2D eigenvalue weighted by atomic mass is 16.5. The minimum atomic E-state index is -0.290. The van der Waals surface area contributed by atoms with E-state index in [2.05, 4.69) is 15.6 Å². The molecule has 8 heteroatoms. The molecular weight excluding hydrogens is 408 g/mol. The third kappa shape index (κ3) is 8.11. The molecule has 170 valence electrons. The average Bonchev–Trinajstić information content (AvgIpc) is 3.32. The number of aromatic nitrogens is 1. The van der Waals surface area contributed by atoms with Crippen molar-refractivity contribution in [3.05, 3.63) is 60.3 Å². The van der Waals surface area contributed by atoms with E-state index in [1.807, 2.05) is 30.3 Å². The molecule has 1 aromatic carbocycles. The summed E-state index contributed by atoms with van der Waals surface area (Å²) in [5.41, 5.74) is 1.14. The van der Waals surface area contributed by atoms with Gasteiger partial charge in [-0.15, -0.1) is 0 Å². The van der Waals surface area contributed by atoms with Crippen LogP contribution in [0.25, 0.3) is 0 Å². The number of rotatable bonds is 11. The number of nitrogens with one attached hydrogen (secondary N) is 2. The first-order chi connectivity index (χ1) is 15.6. The number of benzene rings is 1. The van der Waals surface area contributed by atoms with E-state index in [0.717, 1.165) is 24.8 Å². The second-order valence-electron chi connectivity index (χ2n) is 7.76. The summed E-state index contributed by atoms with van der Waals surface area (Å²) in [6, 6.07) is 15.1. The lowest BCUT2D eigenvalue weighted by molar-refractivity contribution is -0.138. The number of hydrogen-bond donors (Lipinski definition) is 2. The Morgan fingerprint density at radius 3 is 2.56 bits per heavy atom. The number of nitrogens with zero attached hydrogens (tertiary/aromatic N) is 2. The quantitative estimate of drug-likeness (QED) is 0.560. The van der Waals surface area contributed by atoms with Gasteiger partial charge in [0.25, 0.3) is 0 Å². The molecule has 1 aliphatic rings.